The standard InChI is InChI=1S/C16H11BrClFO2/c17-12-3-1-2-10-7-15(21-16(10)12)14(20)6-9-4-5-11(18)8-13(9)19/h1-5,7-8,14,20H,6H2. The third kappa shape index (κ3) is 2.98. The van der Waals surface area contributed by atoms with Crippen molar-refractivity contribution >= 4 is 38.5 Å². The van der Waals surface area contributed by atoms with Crippen molar-refractivity contribution in [2.75, 3.05) is 0 Å². The lowest BCUT2D eigenvalue weighted by Gasteiger charge is -2.08. The SMILES string of the molecule is OC(Cc1ccc(Cl)cc1F)c1cc2cccc(Br)c2o1. The third-order valence-corrected chi connectivity index (χ3v) is 4.13. The summed E-state index contributed by atoms with van der Waals surface area (Å²) in [5, 5.41) is 11.5. The fraction of sp³-hybridized carbons (Fsp3) is 0.125. The summed E-state index contributed by atoms with van der Waals surface area (Å²) in [4.78, 5) is 0. The second-order valence-electron chi connectivity index (χ2n) is 4.76. The van der Waals surface area contributed by atoms with Crippen LogP contribution in [0.2, 0.25) is 5.02 Å². The van der Waals surface area contributed by atoms with Gasteiger partial charge in [-0.3, -0.25) is 0 Å². The Morgan fingerprint density at radius 3 is 2.76 bits per heavy atom. The molecular weight excluding hydrogens is 359 g/mol. The quantitative estimate of drug-likeness (QED) is 0.683. The Hall–Kier alpha value is -1.36. The smallest absolute Gasteiger partial charge is 0.148 e. The van der Waals surface area contributed by atoms with Gasteiger partial charge in [0.2, 0.25) is 0 Å². The molecule has 0 amide bonds. The Kier molecular flexibility index (Phi) is 4.02. The molecule has 0 aliphatic carbocycles. The van der Waals surface area contributed by atoms with Gasteiger partial charge in [0.15, 0.2) is 0 Å². The van der Waals surface area contributed by atoms with Crippen LogP contribution >= 0.6 is 27.5 Å². The van der Waals surface area contributed by atoms with Crippen LogP contribution in [0, 0.1) is 5.82 Å². The maximum absolute atomic E-state index is 13.8. The molecule has 2 aromatic carbocycles. The minimum Gasteiger partial charge on any atom is -0.457 e. The van der Waals surface area contributed by atoms with E-state index in [1.807, 2.05) is 18.2 Å². The lowest BCUT2D eigenvalue weighted by molar-refractivity contribution is 0.151. The predicted octanol–water partition coefficient (Wildman–Crippen LogP) is 5.26. The van der Waals surface area contributed by atoms with Crippen LogP contribution in [0.3, 0.4) is 0 Å². The largest absolute Gasteiger partial charge is 0.457 e. The Morgan fingerprint density at radius 1 is 1.24 bits per heavy atom. The Labute approximate surface area is 134 Å². The van der Waals surface area contributed by atoms with E-state index >= 15 is 0 Å². The highest BCUT2D eigenvalue weighted by Crippen LogP contribution is 2.31. The second kappa shape index (κ2) is 5.79. The van der Waals surface area contributed by atoms with Gasteiger partial charge in [-0.2, -0.15) is 0 Å². The summed E-state index contributed by atoms with van der Waals surface area (Å²) in [6.07, 6.45) is -0.791. The van der Waals surface area contributed by atoms with E-state index in [1.165, 1.54) is 6.07 Å². The van der Waals surface area contributed by atoms with Crippen LogP contribution < -0.4 is 0 Å². The molecule has 1 unspecified atom stereocenters. The van der Waals surface area contributed by atoms with Crippen molar-refractivity contribution in [2.45, 2.75) is 12.5 Å². The molecule has 0 bridgehead atoms. The van der Waals surface area contributed by atoms with Gasteiger partial charge >= 0.3 is 0 Å². The van der Waals surface area contributed by atoms with Crippen LogP contribution in [0.4, 0.5) is 4.39 Å². The summed E-state index contributed by atoms with van der Waals surface area (Å²) < 4.78 is 20.2. The van der Waals surface area contributed by atoms with Crippen molar-refractivity contribution in [1.82, 2.24) is 0 Å². The van der Waals surface area contributed by atoms with E-state index in [0.29, 0.717) is 21.9 Å². The number of aliphatic hydroxyl groups is 1. The maximum Gasteiger partial charge on any atom is 0.148 e. The first kappa shape index (κ1) is 14.6. The van der Waals surface area contributed by atoms with Gasteiger partial charge in [-0.25, -0.2) is 4.39 Å². The van der Waals surface area contributed by atoms with Crippen molar-refractivity contribution < 1.29 is 13.9 Å². The average Bonchev–Trinajstić information content (AvgIpc) is 2.87. The molecular formula is C16H11BrClFO2. The molecule has 3 aromatic rings. The molecule has 1 N–H and O–H groups in total. The molecule has 1 heterocycles. The average molecular weight is 370 g/mol. The number of rotatable bonds is 3. The third-order valence-electron chi connectivity index (χ3n) is 3.27. The fourth-order valence-corrected chi connectivity index (χ4v) is 2.83. The van der Waals surface area contributed by atoms with Crippen LogP contribution in [-0.4, -0.2) is 5.11 Å². The Balaban J connectivity index is 1.90. The molecule has 5 heteroatoms. The highest BCUT2D eigenvalue weighted by atomic mass is 79.9. The molecule has 0 saturated carbocycles. The molecule has 108 valence electrons. The van der Waals surface area contributed by atoms with E-state index in [4.69, 9.17) is 16.0 Å². The highest BCUT2D eigenvalue weighted by Gasteiger charge is 2.17. The van der Waals surface area contributed by atoms with E-state index in [1.54, 1.807) is 18.2 Å². The minimum atomic E-state index is -0.917. The predicted molar refractivity (Wildman–Crippen MR) is 84.0 cm³/mol. The zero-order valence-corrected chi connectivity index (χ0v) is 13.2. The number of hydrogen-bond donors (Lipinski definition) is 1. The van der Waals surface area contributed by atoms with Gasteiger partial charge in [-0.05, 0) is 45.8 Å². The molecule has 1 aromatic heterocycles. The molecule has 3 rings (SSSR count). The number of fused-ring (bicyclic) bond motifs is 1. The first-order valence-electron chi connectivity index (χ1n) is 6.34. The van der Waals surface area contributed by atoms with Gasteiger partial charge in [-0.15, -0.1) is 0 Å². The number of aliphatic hydroxyl groups excluding tert-OH is 1. The molecule has 0 fully saturated rings. The van der Waals surface area contributed by atoms with Crippen molar-refractivity contribution in [3.05, 3.63) is 69.1 Å². The van der Waals surface area contributed by atoms with Gasteiger partial charge in [0.25, 0.3) is 0 Å². The number of para-hydroxylation sites is 1. The zero-order valence-electron chi connectivity index (χ0n) is 10.8. The van der Waals surface area contributed by atoms with Gasteiger partial charge in [0, 0.05) is 16.8 Å². The molecule has 0 saturated heterocycles. The van der Waals surface area contributed by atoms with Crippen LogP contribution in [-0.2, 0) is 6.42 Å². The van der Waals surface area contributed by atoms with Gasteiger partial charge in [0.05, 0.1) is 4.47 Å². The maximum atomic E-state index is 13.8. The number of furan rings is 1. The Morgan fingerprint density at radius 2 is 2.05 bits per heavy atom. The summed E-state index contributed by atoms with van der Waals surface area (Å²) in [5.74, 6) is -0.0231. The van der Waals surface area contributed by atoms with E-state index in [2.05, 4.69) is 15.9 Å². The van der Waals surface area contributed by atoms with Crippen LogP contribution in [0.15, 0.2) is 51.4 Å². The topological polar surface area (TPSA) is 33.4 Å². The Bertz CT molecular complexity index is 800. The molecule has 2 nitrogen and oxygen atoms in total. The number of hydrogen-bond acceptors (Lipinski definition) is 2. The monoisotopic (exact) mass is 368 g/mol. The molecule has 0 spiro atoms. The number of benzene rings is 2. The zero-order chi connectivity index (χ0) is 15.0. The molecule has 0 aliphatic heterocycles. The fourth-order valence-electron chi connectivity index (χ4n) is 2.21. The molecule has 21 heavy (non-hydrogen) atoms. The van der Waals surface area contributed by atoms with Crippen LogP contribution in [0.1, 0.15) is 17.4 Å². The lowest BCUT2D eigenvalue weighted by atomic mass is 10.1. The van der Waals surface area contributed by atoms with Crippen LogP contribution in [0.5, 0.6) is 0 Å². The molecule has 1 atom stereocenters. The molecule has 0 aliphatic rings. The van der Waals surface area contributed by atoms with E-state index in [-0.39, 0.29) is 6.42 Å². The van der Waals surface area contributed by atoms with Crippen molar-refractivity contribution in [1.29, 1.82) is 0 Å². The van der Waals surface area contributed by atoms with Crippen molar-refractivity contribution in [2.24, 2.45) is 0 Å². The first-order valence-corrected chi connectivity index (χ1v) is 7.51. The highest BCUT2D eigenvalue weighted by molar-refractivity contribution is 9.10. The van der Waals surface area contributed by atoms with E-state index in [0.717, 1.165) is 9.86 Å². The summed E-state index contributed by atoms with van der Waals surface area (Å²) >= 11 is 9.11. The summed E-state index contributed by atoms with van der Waals surface area (Å²) in [6, 6.07) is 11.8. The summed E-state index contributed by atoms with van der Waals surface area (Å²) in [7, 11) is 0. The van der Waals surface area contributed by atoms with Gasteiger partial charge < -0.3 is 9.52 Å². The van der Waals surface area contributed by atoms with Crippen molar-refractivity contribution in [3.8, 4) is 0 Å². The first-order chi connectivity index (χ1) is 10.0. The minimum absolute atomic E-state index is 0.125. The van der Waals surface area contributed by atoms with Gasteiger partial charge in [-0.1, -0.05) is 29.8 Å². The van der Waals surface area contributed by atoms with Crippen molar-refractivity contribution in [3.63, 3.8) is 0 Å². The number of halogens is 3. The molecule has 0 radical (unpaired) electrons. The summed E-state index contributed by atoms with van der Waals surface area (Å²) in [5.41, 5.74) is 1.06. The summed E-state index contributed by atoms with van der Waals surface area (Å²) in [6.45, 7) is 0. The van der Waals surface area contributed by atoms with Crippen LogP contribution in [0.25, 0.3) is 11.0 Å². The lowest BCUT2D eigenvalue weighted by Crippen LogP contribution is -2.02. The normalized spacial score (nSPS) is 12.8. The van der Waals surface area contributed by atoms with E-state index < -0.39 is 11.9 Å². The van der Waals surface area contributed by atoms with E-state index in [9.17, 15) is 9.50 Å². The second-order valence-corrected chi connectivity index (χ2v) is 6.05. The van der Waals surface area contributed by atoms with Gasteiger partial charge in [0.1, 0.15) is 23.3 Å².